The maximum absolute atomic E-state index is 11.3. The quantitative estimate of drug-likeness (QED) is 0.621. The highest BCUT2D eigenvalue weighted by Gasteiger charge is 2.14. The van der Waals surface area contributed by atoms with Gasteiger partial charge in [0.25, 0.3) is 0 Å². The van der Waals surface area contributed by atoms with Crippen LogP contribution >= 0.6 is 15.9 Å². The molecule has 1 aromatic rings. The molecule has 1 unspecified atom stereocenters. The van der Waals surface area contributed by atoms with Crippen molar-refractivity contribution in [2.24, 2.45) is 0 Å². The molecule has 0 radical (unpaired) electrons. The van der Waals surface area contributed by atoms with E-state index in [2.05, 4.69) is 28.1 Å². The van der Waals surface area contributed by atoms with Crippen LogP contribution in [-0.4, -0.2) is 18.4 Å². The Labute approximate surface area is 98.8 Å². The number of rotatable bonds is 4. The molecule has 15 heavy (non-hydrogen) atoms. The van der Waals surface area contributed by atoms with E-state index >= 15 is 0 Å². The first kappa shape index (κ1) is 12.2. The van der Waals surface area contributed by atoms with Crippen LogP contribution in [0.3, 0.4) is 0 Å². The lowest BCUT2D eigenvalue weighted by molar-refractivity contribution is -0.141. The Bertz CT molecular complexity index is 319. The van der Waals surface area contributed by atoms with Crippen LogP contribution in [0.1, 0.15) is 24.0 Å². The maximum Gasteiger partial charge on any atom is 0.312 e. The van der Waals surface area contributed by atoms with Crippen LogP contribution in [0.5, 0.6) is 0 Å². The van der Waals surface area contributed by atoms with E-state index in [0.29, 0.717) is 0 Å². The highest BCUT2D eigenvalue weighted by atomic mass is 79.9. The lowest BCUT2D eigenvalue weighted by Crippen LogP contribution is -2.10. The van der Waals surface area contributed by atoms with E-state index in [1.807, 2.05) is 19.1 Å². The molecule has 1 atom stereocenters. The average molecular weight is 271 g/mol. The number of hydrogen-bond donors (Lipinski definition) is 0. The molecule has 0 fully saturated rings. The van der Waals surface area contributed by atoms with Gasteiger partial charge in [-0.1, -0.05) is 40.2 Å². The molecule has 0 saturated heterocycles. The molecule has 1 rings (SSSR count). The monoisotopic (exact) mass is 270 g/mol. The average Bonchev–Trinajstić information content (AvgIpc) is 2.28. The van der Waals surface area contributed by atoms with Crippen molar-refractivity contribution >= 4 is 21.9 Å². The molecule has 0 spiro atoms. The summed E-state index contributed by atoms with van der Waals surface area (Å²) < 4.78 is 4.70. The smallest absolute Gasteiger partial charge is 0.312 e. The minimum Gasteiger partial charge on any atom is -0.469 e. The zero-order chi connectivity index (χ0) is 11.3. The molecule has 82 valence electrons. The third-order valence-corrected chi connectivity index (χ3v) is 2.81. The van der Waals surface area contributed by atoms with Crippen LogP contribution in [0.2, 0.25) is 0 Å². The van der Waals surface area contributed by atoms with Crippen LogP contribution in [-0.2, 0) is 16.0 Å². The third-order valence-electron chi connectivity index (χ3n) is 2.42. The number of methoxy groups -OCH3 is 1. The van der Waals surface area contributed by atoms with Crippen molar-refractivity contribution in [1.82, 2.24) is 0 Å². The van der Waals surface area contributed by atoms with Crippen LogP contribution in [0.25, 0.3) is 0 Å². The zero-order valence-electron chi connectivity index (χ0n) is 9.00. The van der Waals surface area contributed by atoms with Crippen molar-refractivity contribution in [1.29, 1.82) is 0 Å². The van der Waals surface area contributed by atoms with Crippen molar-refractivity contribution in [3.63, 3.8) is 0 Å². The van der Waals surface area contributed by atoms with Gasteiger partial charge in [0.15, 0.2) is 0 Å². The van der Waals surface area contributed by atoms with E-state index in [4.69, 9.17) is 4.74 Å². The van der Waals surface area contributed by atoms with E-state index in [1.54, 1.807) is 0 Å². The number of ether oxygens (including phenoxy) is 1. The molecular formula is C12H15BrO2. The van der Waals surface area contributed by atoms with Crippen molar-refractivity contribution in [2.45, 2.75) is 19.3 Å². The molecule has 0 aromatic heterocycles. The summed E-state index contributed by atoms with van der Waals surface area (Å²) in [7, 11) is 1.41. The molecule has 0 heterocycles. The topological polar surface area (TPSA) is 26.3 Å². The number of carbonyl (C=O) groups excluding carboxylic acids is 1. The Morgan fingerprint density at radius 1 is 1.40 bits per heavy atom. The number of aryl methyl sites for hydroxylation is 1. The van der Waals surface area contributed by atoms with E-state index in [-0.39, 0.29) is 11.9 Å². The Morgan fingerprint density at radius 2 is 2.00 bits per heavy atom. The Hall–Kier alpha value is -0.830. The second-order valence-electron chi connectivity index (χ2n) is 3.43. The molecule has 0 aliphatic heterocycles. The minimum atomic E-state index is -0.191. The summed E-state index contributed by atoms with van der Waals surface area (Å²) >= 11 is 3.39. The van der Waals surface area contributed by atoms with Gasteiger partial charge >= 0.3 is 5.97 Å². The predicted molar refractivity (Wildman–Crippen MR) is 64.4 cm³/mol. The Morgan fingerprint density at radius 3 is 2.47 bits per heavy atom. The van der Waals surface area contributed by atoms with Gasteiger partial charge in [-0.2, -0.15) is 0 Å². The fraction of sp³-hybridized carbons (Fsp3) is 0.417. The summed E-state index contributed by atoms with van der Waals surface area (Å²) in [5, 5.41) is 0.957. The summed E-state index contributed by atoms with van der Waals surface area (Å²) in [6.07, 6.45) is 1.01. The third kappa shape index (κ3) is 3.34. The maximum atomic E-state index is 11.3. The van der Waals surface area contributed by atoms with Gasteiger partial charge in [-0.15, -0.1) is 0 Å². The molecule has 3 heteroatoms. The number of benzene rings is 1. The van der Waals surface area contributed by atoms with Gasteiger partial charge in [-0.05, 0) is 24.5 Å². The van der Waals surface area contributed by atoms with Gasteiger partial charge in [0.2, 0.25) is 0 Å². The Balaban J connectivity index is 2.75. The fourth-order valence-electron chi connectivity index (χ4n) is 1.39. The number of alkyl halides is 1. The second-order valence-corrected chi connectivity index (χ2v) is 4.22. The normalized spacial score (nSPS) is 12.2. The standard InChI is InChI=1S/C12H15BrO2/c1-9(12(14)15-2)11-5-3-10(4-6-11)7-8-13/h3-6,9H,7-8H2,1-2H3. The molecule has 0 aliphatic carbocycles. The van der Waals surface area contributed by atoms with E-state index in [0.717, 1.165) is 17.3 Å². The molecular weight excluding hydrogens is 256 g/mol. The highest BCUT2D eigenvalue weighted by Crippen LogP contribution is 2.17. The summed E-state index contributed by atoms with van der Waals surface area (Å²) in [5.41, 5.74) is 2.27. The van der Waals surface area contributed by atoms with Gasteiger partial charge in [0.1, 0.15) is 0 Å². The van der Waals surface area contributed by atoms with E-state index in [9.17, 15) is 4.79 Å². The van der Waals surface area contributed by atoms with Gasteiger partial charge in [0, 0.05) is 5.33 Å². The van der Waals surface area contributed by atoms with Crippen molar-refractivity contribution in [3.05, 3.63) is 35.4 Å². The van der Waals surface area contributed by atoms with Crippen LogP contribution in [0, 0.1) is 0 Å². The van der Waals surface area contributed by atoms with Gasteiger partial charge in [0.05, 0.1) is 13.0 Å². The van der Waals surface area contributed by atoms with Crippen molar-refractivity contribution in [2.75, 3.05) is 12.4 Å². The Kier molecular flexibility index (Phi) is 4.82. The van der Waals surface area contributed by atoms with Crippen LogP contribution in [0.4, 0.5) is 0 Å². The molecule has 0 bridgehead atoms. The zero-order valence-corrected chi connectivity index (χ0v) is 10.6. The lowest BCUT2D eigenvalue weighted by Gasteiger charge is -2.09. The molecule has 0 saturated carbocycles. The van der Waals surface area contributed by atoms with Gasteiger partial charge in [-0.3, -0.25) is 4.79 Å². The first-order valence-corrected chi connectivity index (χ1v) is 6.03. The molecule has 1 aromatic carbocycles. The molecule has 0 N–H and O–H groups in total. The first-order chi connectivity index (χ1) is 7.19. The SMILES string of the molecule is COC(=O)C(C)c1ccc(CCBr)cc1. The van der Waals surface area contributed by atoms with Gasteiger partial charge < -0.3 is 4.74 Å². The summed E-state index contributed by atoms with van der Waals surface area (Å²) in [6, 6.07) is 8.07. The van der Waals surface area contributed by atoms with Crippen molar-refractivity contribution < 1.29 is 9.53 Å². The fourth-order valence-corrected chi connectivity index (χ4v) is 1.85. The summed E-state index contributed by atoms with van der Waals surface area (Å²) in [5.74, 6) is -0.378. The second kappa shape index (κ2) is 5.91. The predicted octanol–water partition coefficient (Wildman–Crippen LogP) is 2.90. The van der Waals surface area contributed by atoms with Crippen molar-refractivity contribution in [3.8, 4) is 0 Å². The number of esters is 1. The first-order valence-electron chi connectivity index (χ1n) is 4.91. The van der Waals surface area contributed by atoms with E-state index in [1.165, 1.54) is 12.7 Å². The molecule has 0 amide bonds. The number of carbonyl (C=O) groups is 1. The van der Waals surface area contributed by atoms with E-state index < -0.39 is 0 Å². The van der Waals surface area contributed by atoms with Gasteiger partial charge in [-0.25, -0.2) is 0 Å². The largest absolute Gasteiger partial charge is 0.469 e. The van der Waals surface area contributed by atoms with Crippen LogP contribution < -0.4 is 0 Å². The molecule has 2 nitrogen and oxygen atoms in total. The van der Waals surface area contributed by atoms with Crippen LogP contribution in [0.15, 0.2) is 24.3 Å². The minimum absolute atomic E-state index is 0.187. The lowest BCUT2D eigenvalue weighted by atomic mass is 9.99. The molecule has 0 aliphatic rings. The number of hydrogen-bond acceptors (Lipinski definition) is 2. The summed E-state index contributed by atoms with van der Waals surface area (Å²) in [6.45, 7) is 1.85. The highest BCUT2D eigenvalue weighted by molar-refractivity contribution is 9.09. The summed E-state index contributed by atoms with van der Waals surface area (Å²) in [4.78, 5) is 11.3. The number of halogens is 1.